The molecule has 0 saturated heterocycles. The molecule has 0 fully saturated rings. The largest absolute Gasteiger partial charge is 0.383 e. The average molecular weight is 309 g/mol. The van der Waals surface area contributed by atoms with Crippen LogP contribution < -0.4 is 5.32 Å². The molecule has 1 atom stereocenters. The number of amides is 1. The van der Waals surface area contributed by atoms with Crippen molar-refractivity contribution in [2.45, 2.75) is 39.7 Å². The van der Waals surface area contributed by atoms with Gasteiger partial charge in [0.2, 0.25) is 5.91 Å². The molecule has 0 aromatic rings. The van der Waals surface area contributed by atoms with Crippen molar-refractivity contribution in [1.82, 2.24) is 5.32 Å². The molecule has 0 spiro atoms. The van der Waals surface area contributed by atoms with Crippen molar-refractivity contribution in [3.63, 3.8) is 0 Å². The van der Waals surface area contributed by atoms with E-state index < -0.39 is 6.10 Å². The molecule has 0 bridgehead atoms. The van der Waals surface area contributed by atoms with E-state index in [-0.39, 0.29) is 12.1 Å². The van der Waals surface area contributed by atoms with Crippen molar-refractivity contribution in [2.24, 2.45) is 5.92 Å². The fourth-order valence-electron chi connectivity index (χ4n) is 0.921. The summed E-state index contributed by atoms with van der Waals surface area (Å²) in [4.78, 5) is 27.4. The van der Waals surface area contributed by atoms with E-state index >= 15 is 0 Å². The molecule has 0 unspecified atom stereocenters. The number of hydrogen-bond donors (Lipinski definition) is 2. The van der Waals surface area contributed by atoms with Crippen LogP contribution in [0, 0.1) is 5.92 Å². The molecule has 0 heterocycles. The van der Waals surface area contributed by atoms with Crippen LogP contribution in [-0.2, 0) is 14.4 Å². The number of aliphatic hydroxyl groups is 1. The highest BCUT2D eigenvalue weighted by Crippen LogP contribution is 2.22. The Morgan fingerprint density at radius 2 is 1.79 bits per heavy atom. The van der Waals surface area contributed by atoms with Gasteiger partial charge in [-0.1, -0.05) is 42.4 Å². The first-order valence-electron chi connectivity index (χ1n) is 6.19. The van der Waals surface area contributed by atoms with Gasteiger partial charge < -0.3 is 10.4 Å². The number of aliphatic hydroxyl groups excluding tert-OH is 1. The van der Waals surface area contributed by atoms with Crippen LogP contribution in [0.3, 0.4) is 0 Å². The maximum Gasteiger partial charge on any atom is 0.373 e. The molecule has 112 valence electrons. The lowest BCUT2D eigenvalue weighted by Gasteiger charge is -2.08. The van der Waals surface area contributed by atoms with Gasteiger partial charge >= 0.3 is 6.15 Å². The third-order valence-electron chi connectivity index (χ3n) is 2.04. The zero-order valence-electron chi connectivity index (χ0n) is 11.7. The Balaban J connectivity index is 0. The fraction of sp³-hybridized carbons (Fsp3) is 0.833. The standard InChI is InChI=1S/C11H23NO2S2.CO2/c1-4-10(13)11(14)12-6-8-16-15-7-5-9(2)3;2-1-3/h9-10,13H,4-8H2,1-3H3,(H,12,14);/t10-;/m1./s1. The normalized spacial score (nSPS) is 11.2. The zero-order valence-corrected chi connectivity index (χ0v) is 13.3. The third kappa shape index (κ3) is 17.5. The molecule has 0 aromatic heterocycles. The quantitative estimate of drug-likeness (QED) is 0.498. The van der Waals surface area contributed by atoms with Crippen LogP contribution in [0.5, 0.6) is 0 Å². The van der Waals surface area contributed by atoms with Crippen LogP contribution in [0.4, 0.5) is 0 Å². The molecule has 0 aliphatic rings. The van der Waals surface area contributed by atoms with E-state index in [0.717, 1.165) is 17.4 Å². The Morgan fingerprint density at radius 3 is 2.26 bits per heavy atom. The molecule has 7 heteroatoms. The van der Waals surface area contributed by atoms with Gasteiger partial charge in [-0.15, -0.1) is 0 Å². The minimum Gasteiger partial charge on any atom is -0.383 e. The van der Waals surface area contributed by atoms with Crippen molar-refractivity contribution in [2.75, 3.05) is 18.1 Å². The Hall–Kier alpha value is -0.490. The van der Waals surface area contributed by atoms with E-state index in [1.54, 1.807) is 17.7 Å². The monoisotopic (exact) mass is 309 g/mol. The number of rotatable bonds is 9. The van der Waals surface area contributed by atoms with Crippen LogP contribution in [0.25, 0.3) is 0 Å². The van der Waals surface area contributed by atoms with Crippen molar-refractivity contribution in [1.29, 1.82) is 0 Å². The van der Waals surface area contributed by atoms with E-state index in [9.17, 15) is 9.90 Å². The van der Waals surface area contributed by atoms with Gasteiger partial charge in [-0.25, -0.2) is 0 Å². The Bertz CT molecular complexity index is 256. The number of carbonyl (C=O) groups excluding carboxylic acids is 3. The summed E-state index contributed by atoms with van der Waals surface area (Å²) in [6, 6.07) is 0. The van der Waals surface area contributed by atoms with Crippen LogP contribution in [-0.4, -0.2) is 41.3 Å². The van der Waals surface area contributed by atoms with Gasteiger partial charge in [0.1, 0.15) is 6.10 Å². The summed E-state index contributed by atoms with van der Waals surface area (Å²) >= 11 is 0. The highest BCUT2D eigenvalue weighted by molar-refractivity contribution is 8.76. The molecule has 19 heavy (non-hydrogen) atoms. The number of nitrogens with one attached hydrogen (secondary N) is 1. The molecule has 0 aliphatic carbocycles. The summed E-state index contributed by atoms with van der Waals surface area (Å²) in [6.45, 7) is 6.87. The first kappa shape index (κ1) is 20.8. The Labute approximate surface area is 122 Å². The second-order valence-electron chi connectivity index (χ2n) is 4.12. The zero-order chi connectivity index (χ0) is 15.1. The molecule has 0 aliphatic heterocycles. The number of hydrogen-bond acceptors (Lipinski definition) is 6. The van der Waals surface area contributed by atoms with Gasteiger partial charge in [0.15, 0.2) is 0 Å². The van der Waals surface area contributed by atoms with E-state index in [1.165, 1.54) is 6.42 Å². The predicted molar refractivity (Wildman–Crippen MR) is 78.7 cm³/mol. The fourth-order valence-corrected chi connectivity index (χ4v) is 3.16. The van der Waals surface area contributed by atoms with Crippen molar-refractivity contribution in [3.05, 3.63) is 0 Å². The minimum absolute atomic E-state index is 0.250. The molecule has 1 amide bonds. The van der Waals surface area contributed by atoms with E-state index in [2.05, 4.69) is 19.2 Å². The molecule has 0 rings (SSSR count). The lowest BCUT2D eigenvalue weighted by Crippen LogP contribution is -2.35. The summed E-state index contributed by atoms with van der Waals surface area (Å²) in [5, 5.41) is 11.9. The third-order valence-corrected chi connectivity index (χ3v) is 4.48. The second-order valence-corrected chi connectivity index (χ2v) is 6.83. The maximum atomic E-state index is 11.2. The predicted octanol–water partition coefficient (Wildman–Crippen LogP) is 1.72. The van der Waals surface area contributed by atoms with Gasteiger partial charge in [0.05, 0.1) is 0 Å². The van der Waals surface area contributed by atoms with Crippen LogP contribution in [0.15, 0.2) is 0 Å². The van der Waals surface area contributed by atoms with Crippen molar-refractivity contribution >= 4 is 33.6 Å². The Morgan fingerprint density at radius 1 is 1.26 bits per heavy atom. The smallest absolute Gasteiger partial charge is 0.373 e. The first-order chi connectivity index (χ1) is 8.99. The topological polar surface area (TPSA) is 83.5 Å². The average Bonchev–Trinajstić information content (AvgIpc) is 2.37. The van der Waals surface area contributed by atoms with Gasteiger partial charge in [-0.3, -0.25) is 4.79 Å². The lowest BCUT2D eigenvalue weighted by molar-refractivity contribution is -0.191. The van der Waals surface area contributed by atoms with Gasteiger partial charge in [-0.05, 0) is 18.8 Å². The lowest BCUT2D eigenvalue weighted by atomic mass is 10.2. The minimum atomic E-state index is -0.849. The van der Waals surface area contributed by atoms with Gasteiger partial charge in [0, 0.05) is 18.1 Å². The second kappa shape index (κ2) is 15.6. The summed E-state index contributed by atoms with van der Waals surface area (Å²) < 4.78 is 0. The van der Waals surface area contributed by atoms with Gasteiger partial charge in [0.25, 0.3) is 0 Å². The van der Waals surface area contributed by atoms with E-state index in [4.69, 9.17) is 9.59 Å². The highest BCUT2D eigenvalue weighted by Gasteiger charge is 2.10. The highest BCUT2D eigenvalue weighted by atomic mass is 33.1. The summed E-state index contributed by atoms with van der Waals surface area (Å²) in [5.74, 6) is 2.56. The molecular formula is C12H23NO4S2. The molecule has 0 radical (unpaired) electrons. The first-order valence-corrected chi connectivity index (χ1v) is 8.67. The Kier molecular flexibility index (Phi) is 17.1. The molecule has 5 nitrogen and oxygen atoms in total. The molecule has 0 aromatic carbocycles. The SMILES string of the molecule is CC[C@@H](O)C(=O)NCCSSCCC(C)C.O=C=O. The molecule has 2 N–H and O–H groups in total. The molecule has 0 saturated carbocycles. The van der Waals surface area contributed by atoms with Gasteiger partial charge in [-0.2, -0.15) is 9.59 Å². The van der Waals surface area contributed by atoms with Crippen LogP contribution in [0.1, 0.15) is 33.6 Å². The van der Waals surface area contributed by atoms with E-state index in [1.807, 2.05) is 10.8 Å². The summed E-state index contributed by atoms with van der Waals surface area (Å²) in [5.41, 5.74) is 0. The van der Waals surface area contributed by atoms with Crippen molar-refractivity contribution in [3.8, 4) is 0 Å². The van der Waals surface area contributed by atoms with Crippen LogP contribution in [0.2, 0.25) is 0 Å². The van der Waals surface area contributed by atoms with Crippen molar-refractivity contribution < 1.29 is 19.5 Å². The van der Waals surface area contributed by atoms with E-state index in [0.29, 0.717) is 13.0 Å². The summed E-state index contributed by atoms with van der Waals surface area (Å²) in [7, 11) is 3.63. The molecular weight excluding hydrogens is 286 g/mol. The summed E-state index contributed by atoms with van der Waals surface area (Å²) in [6.07, 6.45) is 1.11. The maximum absolute atomic E-state index is 11.2. The van der Waals surface area contributed by atoms with Crippen LogP contribution >= 0.6 is 21.6 Å². The number of carbonyl (C=O) groups is 1.